The quantitative estimate of drug-likeness (QED) is 0.507. The zero-order valence-electron chi connectivity index (χ0n) is 17.9. The maximum Gasteiger partial charge on any atom is 0.251 e. The molecular formula is C25H26FNO4. The van der Waals surface area contributed by atoms with Crippen LogP contribution < -0.4 is 19.5 Å². The third kappa shape index (κ3) is 5.98. The van der Waals surface area contributed by atoms with Gasteiger partial charge in [0.2, 0.25) is 0 Å². The van der Waals surface area contributed by atoms with Gasteiger partial charge in [-0.25, -0.2) is 4.39 Å². The second-order valence-corrected chi connectivity index (χ2v) is 6.97. The van der Waals surface area contributed by atoms with Gasteiger partial charge in [-0.3, -0.25) is 4.79 Å². The summed E-state index contributed by atoms with van der Waals surface area (Å²) in [5.74, 6) is 1.55. The van der Waals surface area contributed by atoms with E-state index in [0.29, 0.717) is 23.7 Å². The molecule has 3 aromatic rings. The van der Waals surface area contributed by atoms with Gasteiger partial charge in [-0.15, -0.1) is 0 Å². The Bertz CT molecular complexity index is 1000. The zero-order valence-corrected chi connectivity index (χ0v) is 17.9. The molecule has 1 N–H and O–H groups in total. The van der Waals surface area contributed by atoms with Crippen molar-refractivity contribution in [2.24, 2.45) is 0 Å². The normalized spacial score (nSPS) is 11.5. The van der Waals surface area contributed by atoms with Crippen LogP contribution in [0.15, 0.2) is 66.7 Å². The van der Waals surface area contributed by atoms with Crippen molar-refractivity contribution >= 4 is 5.91 Å². The van der Waals surface area contributed by atoms with Gasteiger partial charge in [0.25, 0.3) is 5.91 Å². The molecule has 5 nitrogen and oxygen atoms in total. The van der Waals surface area contributed by atoms with E-state index in [1.165, 1.54) is 12.1 Å². The fourth-order valence-corrected chi connectivity index (χ4v) is 3.08. The van der Waals surface area contributed by atoms with E-state index in [9.17, 15) is 9.18 Å². The van der Waals surface area contributed by atoms with Gasteiger partial charge in [0.1, 0.15) is 29.7 Å². The number of benzene rings is 3. The number of amides is 1. The van der Waals surface area contributed by atoms with Crippen molar-refractivity contribution in [3.63, 3.8) is 0 Å². The number of halogens is 1. The SMILES string of the molecule is CCOc1ccc(C(=O)N[C@H](C)c2ccc(F)cc2)cc1COc1ccc(OC)cc1. The van der Waals surface area contributed by atoms with Gasteiger partial charge < -0.3 is 19.5 Å². The lowest BCUT2D eigenvalue weighted by Crippen LogP contribution is -2.26. The number of ether oxygens (including phenoxy) is 3. The molecule has 0 saturated carbocycles. The molecule has 0 bridgehead atoms. The van der Waals surface area contributed by atoms with Gasteiger partial charge in [-0.1, -0.05) is 12.1 Å². The highest BCUT2D eigenvalue weighted by atomic mass is 19.1. The Hall–Kier alpha value is -3.54. The number of carbonyl (C=O) groups excluding carboxylic acids is 1. The molecule has 31 heavy (non-hydrogen) atoms. The molecule has 0 heterocycles. The van der Waals surface area contributed by atoms with Crippen LogP contribution in [0, 0.1) is 5.82 Å². The number of hydrogen-bond acceptors (Lipinski definition) is 4. The summed E-state index contributed by atoms with van der Waals surface area (Å²) in [6.45, 7) is 4.51. The van der Waals surface area contributed by atoms with Gasteiger partial charge in [0, 0.05) is 11.1 Å². The predicted molar refractivity (Wildman–Crippen MR) is 117 cm³/mol. The van der Waals surface area contributed by atoms with Gasteiger partial charge in [-0.05, 0) is 74.0 Å². The number of rotatable bonds is 9. The highest BCUT2D eigenvalue weighted by molar-refractivity contribution is 5.94. The minimum absolute atomic E-state index is 0.231. The van der Waals surface area contributed by atoms with Crippen LogP contribution in [-0.4, -0.2) is 19.6 Å². The summed E-state index contributed by atoms with van der Waals surface area (Å²) in [7, 11) is 1.61. The Morgan fingerprint density at radius 2 is 1.65 bits per heavy atom. The molecule has 0 spiro atoms. The van der Waals surface area contributed by atoms with Crippen LogP contribution in [0.25, 0.3) is 0 Å². The molecule has 0 saturated heterocycles. The molecule has 162 valence electrons. The lowest BCUT2D eigenvalue weighted by Gasteiger charge is -2.16. The van der Waals surface area contributed by atoms with Crippen LogP contribution in [0.4, 0.5) is 4.39 Å². The molecule has 0 radical (unpaired) electrons. The number of carbonyl (C=O) groups is 1. The summed E-state index contributed by atoms with van der Waals surface area (Å²) in [5.41, 5.74) is 2.08. The predicted octanol–water partition coefficient (Wildman–Crippen LogP) is 5.30. The van der Waals surface area contributed by atoms with Crippen molar-refractivity contribution in [2.45, 2.75) is 26.5 Å². The lowest BCUT2D eigenvalue weighted by atomic mass is 10.1. The molecular weight excluding hydrogens is 397 g/mol. The maximum absolute atomic E-state index is 13.1. The summed E-state index contributed by atoms with van der Waals surface area (Å²) in [5, 5.41) is 2.94. The topological polar surface area (TPSA) is 56.8 Å². The Labute approximate surface area is 181 Å². The third-order valence-corrected chi connectivity index (χ3v) is 4.79. The Balaban J connectivity index is 1.72. The molecule has 1 atom stereocenters. The van der Waals surface area contributed by atoms with Gasteiger partial charge >= 0.3 is 0 Å². The molecule has 0 unspecified atom stereocenters. The lowest BCUT2D eigenvalue weighted by molar-refractivity contribution is 0.0939. The first-order valence-electron chi connectivity index (χ1n) is 10.1. The molecule has 0 aliphatic heterocycles. The Morgan fingerprint density at radius 3 is 2.29 bits per heavy atom. The molecule has 1 amide bonds. The second kappa shape index (κ2) is 10.5. The standard InChI is InChI=1S/C25H26FNO4/c1-4-30-24-14-7-19(25(28)27-17(2)18-5-8-21(26)9-6-18)15-20(24)16-31-23-12-10-22(29-3)11-13-23/h5-15,17H,4,16H2,1-3H3,(H,27,28)/t17-/m1/s1. The molecule has 0 aromatic heterocycles. The van der Waals surface area contributed by atoms with Crippen LogP contribution in [-0.2, 0) is 6.61 Å². The average molecular weight is 423 g/mol. The van der Waals surface area contributed by atoms with E-state index in [1.807, 2.05) is 38.1 Å². The van der Waals surface area contributed by atoms with Crippen molar-refractivity contribution in [2.75, 3.05) is 13.7 Å². The Kier molecular flexibility index (Phi) is 7.49. The summed E-state index contributed by atoms with van der Waals surface area (Å²) >= 11 is 0. The highest BCUT2D eigenvalue weighted by Gasteiger charge is 2.15. The first-order chi connectivity index (χ1) is 15.0. The molecule has 6 heteroatoms. The maximum atomic E-state index is 13.1. The van der Waals surface area contributed by atoms with Gasteiger partial charge in [0.15, 0.2) is 0 Å². The van der Waals surface area contributed by atoms with E-state index < -0.39 is 0 Å². The first-order valence-corrected chi connectivity index (χ1v) is 10.1. The van der Waals surface area contributed by atoms with E-state index in [-0.39, 0.29) is 24.4 Å². The van der Waals surface area contributed by atoms with Crippen LogP contribution in [0.3, 0.4) is 0 Å². The van der Waals surface area contributed by atoms with Gasteiger partial charge in [-0.2, -0.15) is 0 Å². The van der Waals surface area contributed by atoms with Crippen molar-refractivity contribution in [1.82, 2.24) is 5.32 Å². The minimum Gasteiger partial charge on any atom is -0.497 e. The average Bonchev–Trinajstić information content (AvgIpc) is 2.79. The van der Waals surface area contributed by atoms with Crippen LogP contribution in [0.2, 0.25) is 0 Å². The zero-order chi connectivity index (χ0) is 22.2. The second-order valence-electron chi connectivity index (χ2n) is 6.97. The summed E-state index contributed by atoms with van der Waals surface area (Å²) in [4.78, 5) is 12.8. The van der Waals surface area contributed by atoms with E-state index in [0.717, 1.165) is 16.9 Å². The van der Waals surface area contributed by atoms with Crippen molar-refractivity contribution in [3.05, 3.63) is 89.2 Å². The minimum atomic E-state index is -0.310. The molecule has 0 aliphatic carbocycles. The fraction of sp³-hybridized carbons (Fsp3) is 0.240. The van der Waals surface area contributed by atoms with Crippen molar-refractivity contribution in [1.29, 1.82) is 0 Å². The largest absolute Gasteiger partial charge is 0.497 e. The fourth-order valence-electron chi connectivity index (χ4n) is 3.08. The number of nitrogens with one attached hydrogen (secondary N) is 1. The summed E-state index contributed by atoms with van der Waals surface area (Å²) < 4.78 is 29.9. The van der Waals surface area contributed by atoms with E-state index >= 15 is 0 Å². The number of methoxy groups -OCH3 is 1. The van der Waals surface area contributed by atoms with E-state index in [4.69, 9.17) is 14.2 Å². The first kappa shape index (κ1) is 22.2. The Morgan fingerprint density at radius 1 is 0.968 bits per heavy atom. The van der Waals surface area contributed by atoms with Crippen molar-refractivity contribution in [3.8, 4) is 17.2 Å². The number of hydrogen-bond donors (Lipinski definition) is 1. The molecule has 3 rings (SSSR count). The monoisotopic (exact) mass is 423 g/mol. The summed E-state index contributed by atoms with van der Waals surface area (Å²) in [6, 6.07) is 18.3. The highest BCUT2D eigenvalue weighted by Crippen LogP contribution is 2.24. The van der Waals surface area contributed by atoms with E-state index in [1.54, 1.807) is 37.4 Å². The van der Waals surface area contributed by atoms with Crippen LogP contribution in [0.5, 0.6) is 17.2 Å². The van der Waals surface area contributed by atoms with Crippen LogP contribution in [0.1, 0.15) is 41.4 Å². The van der Waals surface area contributed by atoms with E-state index in [2.05, 4.69) is 5.32 Å². The van der Waals surface area contributed by atoms with Gasteiger partial charge in [0.05, 0.1) is 19.8 Å². The third-order valence-electron chi connectivity index (χ3n) is 4.79. The summed E-state index contributed by atoms with van der Waals surface area (Å²) in [6.07, 6.45) is 0. The molecule has 0 fully saturated rings. The van der Waals surface area contributed by atoms with Crippen molar-refractivity contribution < 1.29 is 23.4 Å². The smallest absolute Gasteiger partial charge is 0.251 e. The molecule has 3 aromatic carbocycles. The van der Waals surface area contributed by atoms with Crippen LogP contribution >= 0.6 is 0 Å². The molecule has 0 aliphatic rings.